The van der Waals surface area contributed by atoms with Crippen molar-refractivity contribution in [1.82, 2.24) is 9.80 Å². The van der Waals surface area contributed by atoms with Crippen molar-refractivity contribution < 1.29 is 14.7 Å². The molecular weight excluding hydrogens is 148 g/mol. The maximum atomic E-state index is 11.0. The summed E-state index contributed by atoms with van der Waals surface area (Å²) in [5.74, 6) is -0.431. The molecule has 3 amide bonds. The first-order valence-electron chi connectivity index (χ1n) is 3.13. The van der Waals surface area contributed by atoms with Crippen molar-refractivity contribution in [1.29, 1.82) is 0 Å². The van der Waals surface area contributed by atoms with E-state index in [4.69, 9.17) is 5.11 Å². The van der Waals surface area contributed by atoms with E-state index in [1.807, 2.05) is 0 Å². The lowest BCUT2D eigenvalue weighted by Crippen LogP contribution is -2.32. The lowest BCUT2D eigenvalue weighted by atomic mass is 10.3. The van der Waals surface area contributed by atoms with Gasteiger partial charge < -0.3 is 10.0 Å². The van der Waals surface area contributed by atoms with Crippen LogP contribution < -0.4 is 0 Å². The van der Waals surface area contributed by atoms with E-state index in [0.717, 1.165) is 4.90 Å². The largest absolute Gasteiger partial charge is 0.376 e. The molecule has 0 aromatic carbocycles. The minimum atomic E-state index is -0.556. The minimum Gasteiger partial charge on any atom is -0.376 e. The highest BCUT2D eigenvalue weighted by Crippen LogP contribution is 2.19. The Hall–Kier alpha value is -1.10. The summed E-state index contributed by atoms with van der Waals surface area (Å²) in [6, 6.07) is -0.140. The second-order valence-corrected chi connectivity index (χ2v) is 2.30. The quantitative estimate of drug-likeness (QED) is 0.516. The van der Waals surface area contributed by atoms with Crippen LogP contribution in [0.25, 0.3) is 0 Å². The number of amides is 3. The zero-order chi connectivity index (χ0) is 8.59. The van der Waals surface area contributed by atoms with Gasteiger partial charge in [0.1, 0.15) is 6.73 Å². The van der Waals surface area contributed by atoms with E-state index in [1.165, 1.54) is 18.9 Å². The first kappa shape index (κ1) is 8.00. The molecule has 0 aliphatic carbocycles. The second kappa shape index (κ2) is 2.50. The molecule has 5 nitrogen and oxygen atoms in total. The topological polar surface area (TPSA) is 60.9 Å². The monoisotopic (exact) mass is 157 g/mol. The smallest absolute Gasteiger partial charge is 0.329 e. The number of likely N-dealkylation sites (N-methyl/N-ethyl adjacent to an activating group) is 1. The minimum absolute atomic E-state index is 0.337. The highest BCUT2D eigenvalue weighted by Gasteiger charge is 2.40. The van der Waals surface area contributed by atoms with Crippen LogP contribution in [-0.4, -0.2) is 40.6 Å². The summed E-state index contributed by atoms with van der Waals surface area (Å²) < 4.78 is 0. The van der Waals surface area contributed by atoms with E-state index in [9.17, 15) is 9.59 Å². The summed E-state index contributed by atoms with van der Waals surface area (Å²) in [5.41, 5.74) is 0. The lowest BCUT2D eigenvalue weighted by Gasteiger charge is -2.09. The molecule has 1 saturated heterocycles. The van der Waals surface area contributed by atoms with Crippen LogP contribution in [0.15, 0.2) is 0 Å². The van der Waals surface area contributed by atoms with Gasteiger partial charge in [0.15, 0.2) is 6.04 Å². The number of carbonyl (C=O) groups is 2. The number of hydrogen-bond donors (Lipinski definition) is 1. The summed E-state index contributed by atoms with van der Waals surface area (Å²) in [4.78, 5) is 24.0. The van der Waals surface area contributed by atoms with E-state index in [0.29, 0.717) is 6.04 Å². The Morgan fingerprint density at radius 3 is 2.18 bits per heavy atom. The third kappa shape index (κ3) is 0.970. The molecular formula is C6H9N2O3. The highest BCUT2D eigenvalue weighted by molar-refractivity contribution is 6.08. The Labute approximate surface area is 64.2 Å². The average molecular weight is 157 g/mol. The Bertz CT molecular complexity index is 184. The summed E-state index contributed by atoms with van der Waals surface area (Å²) >= 11 is 0. The van der Waals surface area contributed by atoms with Crippen LogP contribution in [0.5, 0.6) is 0 Å². The van der Waals surface area contributed by atoms with Crippen molar-refractivity contribution in [3.05, 3.63) is 6.04 Å². The molecule has 1 aliphatic heterocycles. The number of imide groups is 1. The molecule has 61 valence electrons. The molecule has 1 fully saturated rings. The van der Waals surface area contributed by atoms with Gasteiger partial charge in [0.05, 0.1) is 0 Å². The number of aliphatic hydroxyl groups excluding tert-OH is 1. The van der Waals surface area contributed by atoms with E-state index < -0.39 is 18.7 Å². The van der Waals surface area contributed by atoms with E-state index in [1.54, 1.807) is 0 Å². The van der Waals surface area contributed by atoms with Crippen LogP contribution in [0.3, 0.4) is 0 Å². The van der Waals surface area contributed by atoms with Crippen molar-refractivity contribution in [3.8, 4) is 0 Å². The number of carbonyl (C=O) groups excluding carboxylic acids is 2. The summed E-state index contributed by atoms with van der Waals surface area (Å²) in [6.45, 7) is 0.981. The first-order chi connectivity index (χ1) is 5.09. The van der Waals surface area contributed by atoms with Crippen LogP contribution in [-0.2, 0) is 4.79 Å². The number of rotatable bonds is 1. The van der Waals surface area contributed by atoms with Crippen LogP contribution in [0.1, 0.15) is 6.92 Å². The molecule has 0 bridgehead atoms. The van der Waals surface area contributed by atoms with E-state index >= 15 is 0 Å². The van der Waals surface area contributed by atoms with Gasteiger partial charge in [-0.15, -0.1) is 0 Å². The highest BCUT2D eigenvalue weighted by atomic mass is 16.3. The fourth-order valence-electron chi connectivity index (χ4n) is 0.875. The fourth-order valence-corrected chi connectivity index (χ4v) is 0.875. The normalized spacial score (nSPS) is 20.3. The van der Waals surface area contributed by atoms with Gasteiger partial charge in [0.2, 0.25) is 0 Å². The maximum Gasteiger partial charge on any atom is 0.329 e. The molecule has 5 heteroatoms. The second-order valence-electron chi connectivity index (χ2n) is 2.30. The SMILES string of the molecule is C[C]1C(=O)N(CO)C(=O)N1C. The molecule has 1 N–H and O–H groups in total. The van der Waals surface area contributed by atoms with E-state index in [-0.39, 0.29) is 0 Å². The zero-order valence-corrected chi connectivity index (χ0v) is 6.37. The first-order valence-corrected chi connectivity index (χ1v) is 3.13. The van der Waals surface area contributed by atoms with Gasteiger partial charge in [-0.1, -0.05) is 0 Å². The lowest BCUT2D eigenvalue weighted by molar-refractivity contribution is -0.127. The predicted octanol–water partition coefficient (Wildman–Crippen LogP) is -0.618. The van der Waals surface area contributed by atoms with Gasteiger partial charge in [-0.2, -0.15) is 0 Å². The van der Waals surface area contributed by atoms with Crippen LogP contribution in [0.2, 0.25) is 0 Å². The van der Waals surface area contributed by atoms with Crippen molar-refractivity contribution >= 4 is 11.9 Å². The summed E-state index contributed by atoms with van der Waals surface area (Å²) in [6.07, 6.45) is 0. The van der Waals surface area contributed by atoms with Gasteiger partial charge in [0, 0.05) is 7.05 Å². The Kier molecular flexibility index (Phi) is 1.82. The third-order valence-electron chi connectivity index (χ3n) is 1.72. The van der Waals surface area contributed by atoms with Crippen LogP contribution >= 0.6 is 0 Å². The Balaban J connectivity index is 2.86. The van der Waals surface area contributed by atoms with Gasteiger partial charge in [-0.3, -0.25) is 4.79 Å². The summed E-state index contributed by atoms with van der Waals surface area (Å²) in [5, 5.41) is 8.59. The number of hydrogen-bond acceptors (Lipinski definition) is 3. The van der Waals surface area contributed by atoms with Crippen LogP contribution in [0, 0.1) is 6.04 Å². The van der Waals surface area contributed by atoms with Gasteiger partial charge in [-0.25, -0.2) is 9.69 Å². The van der Waals surface area contributed by atoms with Gasteiger partial charge >= 0.3 is 6.03 Å². The van der Waals surface area contributed by atoms with Crippen molar-refractivity contribution in [2.24, 2.45) is 0 Å². The van der Waals surface area contributed by atoms with Gasteiger partial charge in [0.25, 0.3) is 5.91 Å². The number of nitrogens with zero attached hydrogens (tertiary/aromatic N) is 2. The Morgan fingerprint density at radius 2 is 2.00 bits per heavy atom. The Morgan fingerprint density at radius 1 is 1.45 bits per heavy atom. The molecule has 1 heterocycles. The van der Waals surface area contributed by atoms with Crippen molar-refractivity contribution in [3.63, 3.8) is 0 Å². The van der Waals surface area contributed by atoms with Crippen molar-refractivity contribution in [2.75, 3.05) is 13.8 Å². The average Bonchev–Trinajstić information content (AvgIpc) is 2.17. The van der Waals surface area contributed by atoms with Gasteiger partial charge in [-0.05, 0) is 6.92 Å². The molecule has 11 heavy (non-hydrogen) atoms. The molecule has 0 unspecified atom stereocenters. The molecule has 0 aromatic rings. The molecule has 0 saturated carbocycles. The predicted molar refractivity (Wildman–Crippen MR) is 36.0 cm³/mol. The summed E-state index contributed by atoms with van der Waals surface area (Å²) in [7, 11) is 1.49. The third-order valence-corrected chi connectivity index (χ3v) is 1.72. The number of aliphatic hydroxyl groups is 1. The maximum absolute atomic E-state index is 11.0. The molecule has 1 radical (unpaired) electrons. The van der Waals surface area contributed by atoms with Crippen LogP contribution in [0.4, 0.5) is 4.79 Å². The standard InChI is InChI=1S/C6H9N2O3/c1-4-5(10)8(3-9)6(11)7(4)2/h9H,3H2,1-2H3. The molecule has 0 spiro atoms. The molecule has 1 rings (SSSR count). The number of urea groups is 1. The zero-order valence-electron chi connectivity index (χ0n) is 6.37. The molecule has 1 aliphatic rings. The van der Waals surface area contributed by atoms with Crippen molar-refractivity contribution in [2.45, 2.75) is 6.92 Å². The fraction of sp³-hybridized carbons (Fsp3) is 0.500. The molecule has 0 atom stereocenters. The van der Waals surface area contributed by atoms with E-state index in [2.05, 4.69) is 0 Å². The molecule has 0 aromatic heterocycles.